The SMILES string of the molecule is COc1cc(C(=O)NC2CC(C)CCC2C(C)C)ccc1OCC(N)=O. The number of primary amides is 1. The summed E-state index contributed by atoms with van der Waals surface area (Å²) >= 11 is 0. The number of ether oxygens (including phenoxy) is 2. The van der Waals surface area contributed by atoms with E-state index in [1.807, 2.05) is 0 Å². The fourth-order valence-corrected chi connectivity index (χ4v) is 3.70. The van der Waals surface area contributed by atoms with Crippen LogP contribution in [0.25, 0.3) is 0 Å². The monoisotopic (exact) mass is 362 g/mol. The van der Waals surface area contributed by atoms with Crippen molar-refractivity contribution in [3.63, 3.8) is 0 Å². The van der Waals surface area contributed by atoms with E-state index in [0.29, 0.717) is 34.8 Å². The lowest BCUT2D eigenvalue weighted by Gasteiger charge is -2.37. The Labute approximate surface area is 155 Å². The average Bonchev–Trinajstić information content (AvgIpc) is 2.59. The average molecular weight is 362 g/mol. The van der Waals surface area contributed by atoms with Crippen LogP contribution in [0.5, 0.6) is 11.5 Å². The van der Waals surface area contributed by atoms with Crippen molar-refractivity contribution in [1.29, 1.82) is 0 Å². The summed E-state index contributed by atoms with van der Waals surface area (Å²) in [6.45, 7) is 6.43. The number of nitrogens with one attached hydrogen (secondary N) is 1. The molecule has 1 saturated carbocycles. The molecule has 6 nitrogen and oxygen atoms in total. The molecule has 0 heterocycles. The summed E-state index contributed by atoms with van der Waals surface area (Å²) < 4.78 is 10.6. The highest BCUT2D eigenvalue weighted by molar-refractivity contribution is 5.95. The molecular formula is C20H30N2O4. The minimum Gasteiger partial charge on any atom is -0.493 e. The minimum absolute atomic E-state index is 0.116. The molecule has 1 aromatic carbocycles. The smallest absolute Gasteiger partial charge is 0.255 e. The van der Waals surface area contributed by atoms with Gasteiger partial charge in [0.1, 0.15) is 0 Å². The highest BCUT2D eigenvalue weighted by atomic mass is 16.5. The van der Waals surface area contributed by atoms with Crippen molar-refractivity contribution >= 4 is 11.8 Å². The van der Waals surface area contributed by atoms with Crippen LogP contribution in [0.2, 0.25) is 0 Å². The number of rotatable bonds is 7. The Bertz CT molecular complexity index is 645. The van der Waals surface area contributed by atoms with Gasteiger partial charge in [0.2, 0.25) is 0 Å². The zero-order valence-electron chi connectivity index (χ0n) is 16.1. The third-order valence-electron chi connectivity index (χ3n) is 5.13. The molecule has 3 N–H and O–H groups in total. The Morgan fingerprint density at radius 3 is 2.62 bits per heavy atom. The number of amides is 2. The van der Waals surface area contributed by atoms with Crippen molar-refractivity contribution < 1.29 is 19.1 Å². The Hall–Kier alpha value is -2.24. The molecule has 1 aliphatic carbocycles. The first-order chi connectivity index (χ1) is 12.3. The van der Waals surface area contributed by atoms with E-state index in [1.54, 1.807) is 18.2 Å². The topological polar surface area (TPSA) is 90.7 Å². The maximum absolute atomic E-state index is 12.8. The molecule has 1 aliphatic rings. The second kappa shape index (κ2) is 8.92. The van der Waals surface area contributed by atoms with Crippen LogP contribution in [-0.4, -0.2) is 31.6 Å². The predicted octanol–water partition coefficient (Wildman–Crippen LogP) is 2.75. The molecule has 2 rings (SSSR count). The number of carbonyl (C=O) groups is 2. The summed E-state index contributed by atoms with van der Waals surface area (Å²) in [5, 5.41) is 3.21. The predicted molar refractivity (Wildman–Crippen MR) is 100 cm³/mol. The zero-order valence-corrected chi connectivity index (χ0v) is 16.1. The van der Waals surface area contributed by atoms with Crippen molar-refractivity contribution in [1.82, 2.24) is 5.32 Å². The lowest BCUT2D eigenvalue weighted by molar-refractivity contribution is -0.119. The lowest BCUT2D eigenvalue weighted by Crippen LogP contribution is -2.45. The zero-order chi connectivity index (χ0) is 19.3. The first-order valence-electron chi connectivity index (χ1n) is 9.21. The highest BCUT2D eigenvalue weighted by Crippen LogP contribution is 2.34. The van der Waals surface area contributed by atoms with E-state index in [1.165, 1.54) is 13.5 Å². The van der Waals surface area contributed by atoms with E-state index in [9.17, 15) is 9.59 Å². The Balaban J connectivity index is 2.11. The second-order valence-corrected chi connectivity index (χ2v) is 7.53. The van der Waals surface area contributed by atoms with Gasteiger partial charge in [-0.05, 0) is 48.8 Å². The van der Waals surface area contributed by atoms with Gasteiger partial charge in [0.25, 0.3) is 11.8 Å². The largest absolute Gasteiger partial charge is 0.493 e. The van der Waals surface area contributed by atoms with Crippen LogP contribution in [0.1, 0.15) is 50.4 Å². The summed E-state index contributed by atoms with van der Waals surface area (Å²) in [7, 11) is 1.49. The summed E-state index contributed by atoms with van der Waals surface area (Å²) in [5.74, 6) is 1.75. The number of hydrogen-bond acceptors (Lipinski definition) is 4. The fourth-order valence-electron chi connectivity index (χ4n) is 3.70. The molecule has 26 heavy (non-hydrogen) atoms. The lowest BCUT2D eigenvalue weighted by atomic mass is 9.74. The molecule has 0 aromatic heterocycles. The van der Waals surface area contributed by atoms with Crippen molar-refractivity contribution in [2.24, 2.45) is 23.5 Å². The van der Waals surface area contributed by atoms with Gasteiger partial charge < -0.3 is 20.5 Å². The first kappa shape index (κ1) is 20.1. The summed E-state index contributed by atoms with van der Waals surface area (Å²) in [6, 6.07) is 5.11. The maximum Gasteiger partial charge on any atom is 0.255 e. The molecule has 3 unspecified atom stereocenters. The molecule has 144 valence electrons. The minimum atomic E-state index is -0.569. The van der Waals surface area contributed by atoms with Crippen LogP contribution in [0.3, 0.4) is 0 Å². The van der Waals surface area contributed by atoms with E-state index >= 15 is 0 Å². The number of methoxy groups -OCH3 is 1. The number of benzene rings is 1. The summed E-state index contributed by atoms with van der Waals surface area (Å²) in [6.07, 6.45) is 3.37. The van der Waals surface area contributed by atoms with E-state index in [2.05, 4.69) is 26.1 Å². The Morgan fingerprint density at radius 2 is 2.00 bits per heavy atom. The van der Waals surface area contributed by atoms with E-state index in [0.717, 1.165) is 12.8 Å². The normalized spacial score (nSPS) is 22.7. The molecule has 0 aliphatic heterocycles. The molecular weight excluding hydrogens is 332 g/mol. The number of nitrogens with two attached hydrogens (primary N) is 1. The van der Waals surface area contributed by atoms with Crippen molar-refractivity contribution in [3.8, 4) is 11.5 Å². The quantitative estimate of drug-likeness (QED) is 0.780. The molecule has 1 aromatic rings. The Morgan fingerprint density at radius 1 is 1.27 bits per heavy atom. The van der Waals surface area contributed by atoms with Gasteiger partial charge in [-0.2, -0.15) is 0 Å². The van der Waals surface area contributed by atoms with Crippen LogP contribution in [-0.2, 0) is 4.79 Å². The van der Waals surface area contributed by atoms with Crippen molar-refractivity contribution in [3.05, 3.63) is 23.8 Å². The second-order valence-electron chi connectivity index (χ2n) is 7.53. The third kappa shape index (κ3) is 5.13. The van der Waals surface area contributed by atoms with Gasteiger partial charge in [-0.15, -0.1) is 0 Å². The molecule has 0 bridgehead atoms. The first-order valence-corrected chi connectivity index (χ1v) is 9.21. The molecule has 6 heteroatoms. The molecule has 0 saturated heterocycles. The van der Waals surface area contributed by atoms with Crippen LogP contribution >= 0.6 is 0 Å². The van der Waals surface area contributed by atoms with Gasteiger partial charge in [0.05, 0.1) is 7.11 Å². The van der Waals surface area contributed by atoms with Crippen molar-refractivity contribution in [2.45, 2.75) is 46.1 Å². The Kier molecular flexibility index (Phi) is 6.89. The highest BCUT2D eigenvalue weighted by Gasteiger charge is 2.32. The van der Waals surface area contributed by atoms with E-state index < -0.39 is 5.91 Å². The van der Waals surface area contributed by atoms with Crippen molar-refractivity contribution in [2.75, 3.05) is 13.7 Å². The van der Waals surface area contributed by atoms with Gasteiger partial charge in [-0.1, -0.05) is 27.2 Å². The van der Waals surface area contributed by atoms with Gasteiger partial charge in [0.15, 0.2) is 18.1 Å². The van der Waals surface area contributed by atoms with Crippen LogP contribution in [0.15, 0.2) is 18.2 Å². The standard InChI is InChI=1S/C20H30N2O4/c1-12(2)15-7-5-13(3)9-16(15)22-20(24)14-6-8-17(18(10-14)25-4)26-11-19(21)23/h6,8,10,12-13,15-16H,5,7,9,11H2,1-4H3,(H2,21,23)(H,22,24). The molecule has 0 spiro atoms. The molecule has 2 amide bonds. The van der Waals surface area contributed by atoms with Gasteiger partial charge in [0, 0.05) is 11.6 Å². The van der Waals surface area contributed by atoms with E-state index in [4.69, 9.17) is 15.2 Å². The van der Waals surface area contributed by atoms with Gasteiger partial charge in [-0.3, -0.25) is 9.59 Å². The van der Waals surface area contributed by atoms with E-state index in [-0.39, 0.29) is 18.6 Å². The summed E-state index contributed by atoms with van der Waals surface area (Å²) in [4.78, 5) is 23.6. The molecule has 1 fully saturated rings. The fraction of sp³-hybridized carbons (Fsp3) is 0.600. The van der Waals surface area contributed by atoms with Crippen LogP contribution in [0, 0.1) is 17.8 Å². The molecule has 3 atom stereocenters. The van der Waals surface area contributed by atoms with Crippen LogP contribution < -0.4 is 20.5 Å². The van der Waals surface area contributed by atoms with Gasteiger partial charge >= 0.3 is 0 Å². The number of hydrogen-bond donors (Lipinski definition) is 2. The maximum atomic E-state index is 12.8. The number of carbonyl (C=O) groups excluding carboxylic acids is 2. The van der Waals surface area contributed by atoms with Crippen LogP contribution in [0.4, 0.5) is 0 Å². The third-order valence-corrected chi connectivity index (χ3v) is 5.13. The molecule has 0 radical (unpaired) electrons. The summed E-state index contributed by atoms with van der Waals surface area (Å²) in [5.41, 5.74) is 5.60. The van der Waals surface area contributed by atoms with Gasteiger partial charge in [-0.25, -0.2) is 0 Å².